The van der Waals surface area contributed by atoms with Gasteiger partial charge in [-0.2, -0.15) is 13.2 Å². The molecule has 0 unspecified atom stereocenters. The molecule has 34 heavy (non-hydrogen) atoms. The average molecular weight is 495 g/mol. The maximum atomic E-state index is 13.3. The van der Waals surface area contributed by atoms with Gasteiger partial charge in [-0.3, -0.25) is 9.52 Å². The molecule has 0 aliphatic carbocycles. The van der Waals surface area contributed by atoms with Gasteiger partial charge in [-0.15, -0.1) is 0 Å². The summed E-state index contributed by atoms with van der Waals surface area (Å²) in [5.41, 5.74) is -1.08. The molecule has 1 aromatic carbocycles. The van der Waals surface area contributed by atoms with E-state index < -0.39 is 27.7 Å². The standard InChI is InChI=1S/C20H20F3N7O3S/c1-24-19-26-7-5-13(29-19)11-27-17-16(4-3-6-25-17)18(31)28-14-8-12(20(21,22)23)9-15(10-14)30-34(2,32)33/h3-10,30H,11H2,1-2H3,(H,25,27)(H,28,31)(H,24,26,29). The Morgan fingerprint density at radius 1 is 1.06 bits per heavy atom. The van der Waals surface area contributed by atoms with Crippen LogP contribution in [0.3, 0.4) is 0 Å². The van der Waals surface area contributed by atoms with Crippen LogP contribution in [0.4, 0.5) is 36.3 Å². The number of pyridine rings is 1. The molecule has 3 aromatic rings. The predicted molar refractivity (Wildman–Crippen MR) is 121 cm³/mol. The lowest BCUT2D eigenvalue weighted by Crippen LogP contribution is -2.17. The molecule has 0 spiro atoms. The summed E-state index contributed by atoms with van der Waals surface area (Å²) in [7, 11) is -2.18. The Morgan fingerprint density at radius 2 is 1.79 bits per heavy atom. The van der Waals surface area contributed by atoms with Crippen LogP contribution in [0.5, 0.6) is 0 Å². The minimum Gasteiger partial charge on any atom is -0.364 e. The zero-order valence-corrected chi connectivity index (χ0v) is 18.8. The monoisotopic (exact) mass is 495 g/mol. The molecule has 0 fully saturated rings. The summed E-state index contributed by atoms with van der Waals surface area (Å²) in [5, 5.41) is 8.13. The van der Waals surface area contributed by atoms with Gasteiger partial charge >= 0.3 is 6.18 Å². The number of halogens is 3. The number of hydrogen-bond donors (Lipinski definition) is 4. The summed E-state index contributed by atoms with van der Waals surface area (Å²) >= 11 is 0. The average Bonchev–Trinajstić information content (AvgIpc) is 2.76. The third-order valence-corrected chi connectivity index (χ3v) is 4.85. The summed E-state index contributed by atoms with van der Waals surface area (Å²) < 4.78 is 64.8. The van der Waals surface area contributed by atoms with E-state index in [4.69, 9.17) is 0 Å². The number of rotatable bonds is 8. The summed E-state index contributed by atoms with van der Waals surface area (Å²) in [6.07, 6.45) is -0.968. The molecule has 0 saturated heterocycles. The molecule has 0 atom stereocenters. The number of hydrogen-bond acceptors (Lipinski definition) is 8. The molecule has 0 aliphatic heterocycles. The van der Waals surface area contributed by atoms with Crippen LogP contribution in [0, 0.1) is 0 Å². The van der Waals surface area contributed by atoms with E-state index >= 15 is 0 Å². The van der Waals surface area contributed by atoms with Gasteiger partial charge in [0.15, 0.2) is 0 Å². The van der Waals surface area contributed by atoms with Crippen LogP contribution in [0.2, 0.25) is 0 Å². The van der Waals surface area contributed by atoms with Gasteiger partial charge in [-0.25, -0.2) is 23.4 Å². The van der Waals surface area contributed by atoms with Gasteiger partial charge in [0.25, 0.3) is 5.91 Å². The minimum absolute atomic E-state index is 0.0560. The van der Waals surface area contributed by atoms with Crippen molar-refractivity contribution in [3.8, 4) is 0 Å². The third kappa shape index (κ3) is 6.78. The van der Waals surface area contributed by atoms with Crippen molar-refractivity contribution in [3.63, 3.8) is 0 Å². The number of anilines is 4. The number of carbonyl (C=O) groups excluding carboxylic acids is 1. The van der Waals surface area contributed by atoms with Crippen molar-refractivity contribution < 1.29 is 26.4 Å². The molecule has 10 nitrogen and oxygen atoms in total. The van der Waals surface area contributed by atoms with E-state index in [9.17, 15) is 26.4 Å². The van der Waals surface area contributed by atoms with Gasteiger partial charge in [0.1, 0.15) is 5.82 Å². The second-order valence-corrected chi connectivity index (χ2v) is 8.75. The molecule has 14 heteroatoms. The summed E-state index contributed by atoms with van der Waals surface area (Å²) in [5.74, 6) is -0.175. The summed E-state index contributed by atoms with van der Waals surface area (Å²) in [4.78, 5) is 25.2. The number of amides is 1. The lowest BCUT2D eigenvalue weighted by atomic mass is 10.1. The van der Waals surface area contributed by atoms with Crippen LogP contribution in [0.25, 0.3) is 0 Å². The van der Waals surface area contributed by atoms with Crippen LogP contribution in [-0.2, 0) is 22.7 Å². The number of carbonyl (C=O) groups is 1. The quantitative estimate of drug-likeness (QED) is 0.374. The molecule has 180 valence electrons. The number of aromatic nitrogens is 3. The van der Waals surface area contributed by atoms with E-state index in [0.29, 0.717) is 23.8 Å². The predicted octanol–water partition coefficient (Wildman–Crippen LogP) is 3.17. The van der Waals surface area contributed by atoms with Crippen LogP contribution in [0.1, 0.15) is 21.6 Å². The van der Waals surface area contributed by atoms with Crippen molar-refractivity contribution in [1.29, 1.82) is 0 Å². The van der Waals surface area contributed by atoms with Gasteiger partial charge in [0.2, 0.25) is 16.0 Å². The van der Waals surface area contributed by atoms with Gasteiger partial charge in [0, 0.05) is 25.1 Å². The van der Waals surface area contributed by atoms with E-state index in [1.807, 2.05) is 4.72 Å². The molecule has 1 amide bonds. The number of sulfonamides is 1. The highest BCUT2D eigenvalue weighted by atomic mass is 32.2. The van der Waals surface area contributed by atoms with E-state index in [2.05, 4.69) is 30.9 Å². The Bertz CT molecular complexity index is 1300. The fourth-order valence-electron chi connectivity index (χ4n) is 2.85. The van der Waals surface area contributed by atoms with E-state index in [0.717, 1.165) is 12.3 Å². The van der Waals surface area contributed by atoms with Crippen LogP contribution in [-0.4, -0.2) is 42.6 Å². The van der Waals surface area contributed by atoms with Gasteiger partial charge in [-0.1, -0.05) is 0 Å². The van der Waals surface area contributed by atoms with Crippen molar-refractivity contribution in [2.75, 3.05) is 34.0 Å². The lowest BCUT2D eigenvalue weighted by Gasteiger charge is -2.15. The van der Waals surface area contributed by atoms with Gasteiger partial charge < -0.3 is 16.0 Å². The molecule has 4 N–H and O–H groups in total. The first kappa shape index (κ1) is 24.7. The van der Waals surface area contributed by atoms with E-state index in [-0.39, 0.29) is 29.3 Å². The normalized spacial score (nSPS) is 11.6. The van der Waals surface area contributed by atoms with Crippen LogP contribution in [0.15, 0.2) is 48.8 Å². The third-order valence-electron chi connectivity index (χ3n) is 4.25. The van der Waals surface area contributed by atoms with Crippen molar-refractivity contribution in [3.05, 3.63) is 65.6 Å². The smallest absolute Gasteiger partial charge is 0.364 e. The Balaban J connectivity index is 1.85. The minimum atomic E-state index is -4.76. The highest BCUT2D eigenvalue weighted by Crippen LogP contribution is 2.34. The highest BCUT2D eigenvalue weighted by Gasteiger charge is 2.31. The Labute approximate surface area is 193 Å². The molecule has 0 bridgehead atoms. The molecular formula is C20H20F3N7O3S. The second-order valence-electron chi connectivity index (χ2n) is 7.00. The molecular weight excluding hydrogens is 475 g/mol. The van der Waals surface area contributed by atoms with E-state index in [1.165, 1.54) is 18.3 Å². The molecule has 2 aromatic heterocycles. The second kappa shape index (κ2) is 9.91. The van der Waals surface area contributed by atoms with Crippen LogP contribution < -0.4 is 20.7 Å². The summed E-state index contributed by atoms with van der Waals surface area (Å²) in [6, 6.07) is 7.01. The number of nitrogens with zero attached hydrogens (tertiary/aromatic N) is 3. The Kier molecular flexibility index (Phi) is 7.20. The fraction of sp³-hybridized carbons (Fsp3) is 0.200. The van der Waals surface area contributed by atoms with Crippen molar-refractivity contribution in [2.24, 2.45) is 0 Å². The number of benzene rings is 1. The Hall–Kier alpha value is -3.94. The molecule has 2 heterocycles. The SMILES string of the molecule is CNc1nccc(CNc2ncccc2C(=O)Nc2cc(NS(C)(=O)=O)cc(C(F)(F)F)c2)n1. The van der Waals surface area contributed by atoms with Gasteiger partial charge in [-0.05, 0) is 36.4 Å². The highest BCUT2D eigenvalue weighted by molar-refractivity contribution is 7.92. The van der Waals surface area contributed by atoms with Crippen LogP contribution >= 0.6 is 0 Å². The maximum absolute atomic E-state index is 13.3. The van der Waals surface area contributed by atoms with Crippen molar-refractivity contribution in [2.45, 2.75) is 12.7 Å². The topological polar surface area (TPSA) is 138 Å². The van der Waals surface area contributed by atoms with Crippen molar-refractivity contribution in [1.82, 2.24) is 15.0 Å². The van der Waals surface area contributed by atoms with E-state index in [1.54, 1.807) is 19.3 Å². The molecule has 0 aliphatic rings. The Morgan fingerprint density at radius 3 is 2.47 bits per heavy atom. The van der Waals surface area contributed by atoms with Gasteiger partial charge in [0.05, 0.1) is 35.3 Å². The zero-order chi connectivity index (χ0) is 24.9. The maximum Gasteiger partial charge on any atom is 0.416 e. The first-order chi connectivity index (χ1) is 15.9. The number of nitrogens with one attached hydrogen (secondary N) is 4. The van der Waals surface area contributed by atoms with Crippen molar-refractivity contribution >= 4 is 39.1 Å². The molecule has 0 saturated carbocycles. The summed E-state index contributed by atoms with van der Waals surface area (Å²) in [6.45, 7) is 0.195. The zero-order valence-electron chi connectivity index (χ0n) is 17.9. The first-order valence-electron chi connectivity index (χ1n) is 9.64. The largest absolute Gasteiger partial charge is 0.416 e. The molecule has 0 radical (unpaired) electrons. The molecule has 3 rings (SSSR count). The fourth-order valence-corrected chi connectivity index (χ4v) is 3.40. The number of alkyl halides is 3. The first-order valence-corrected chi connectivity index (χ1v) is 11.5. The lowest BCUT2D eigenvalue weighted by molar-refractivity contribution is -0.137.